The second kappa shape index (κ2) is 9.54. The summed E-state index contributed by atoms with van der Waals surface area (Å²) in [5, 5.41) is 12.4. The van der Waals surface area contributed by atoms with Crippen LogP contribution >= 0.6 is 0 Å². The van der Waals surface area contributed by atoms with Crippen LogP contribution in [0.5, 0.6) is 0 Å². The van der Waals surface area contributed by atoms with Crippen molar-refractivity contribution in [3.05, 3.63) is 65.7 Å². The van der Waals surface area contributed by atoms with E-state index in [1.807, 2.05) is 43.4 Å². The van der Waals surface area contributed by atoms with Crippen LogP contribution in [0.1, 0.15) is 23.6 Å². The number of nitrogens with one attached hydrogen (secondary N) is 1. The first-order chi connectivity index (χ1) is 13.9. The Morgan fingerprint density at radius 3 is 2.66 bits per heavy atom. The third kappa shape index (κ3) is 5.79. The fourth-order valence-electron chi connectivity index (χ4n) is 3.72. The van der Waals surface area contributed by atoms with E-state index in [4.69, 9.17) is 5.73 Å². The van der Waals surface area contributed by atoms with Gasteiger partial charge < -0.3 is 21.1 Å². The highest BCUT2D eigenvalue weighted by Gasteiger charge is 2.28. The molecule has 1 aliphatic rings. The summed E-state index contributed by atoms with van der Waals surface area (Å²) in [6, 6.07) is 16.3. The quantitative estimate of drug-likeness (QED) is 0.666. The van der Waals surface area contributed by atoms with Gasteiger partial charge in [0.05, 0.1) is 18.6 Å². The van der Waals surface area contributed by atoms with Gasteiger partial charge in [0.25, 0.3) is 0 Å². The van der Waals surface area contributed by atoms with E-state index in [1.54, 1.807) is 23.1 Å². The zero-order chi connectivity index (χ0) is 20.8. The van der Waals surface area contributed by atoms with Crippen molar-refractivity contribution < 1.29 is 14.7 Å². The highest BCUT2D eigenvalue weighted by atomic mass is 16.3. The van der Waals surface area contributed by atoms with E-state index in [0.717, 1.165) is 24.1 Å². The minimum absolute atomic E-state index is 0.0187. The van der Waals surface area contributed by atoms with Crippen LogP contribution < -0.4 is 11.1 Å². The average molecular weight is 396 g/mol. The predicted molar refractivity (Wildman–Crippen MR) is 112 cm³/mol. The van der Waals surface area contributed by atoms with Crippen molar-refractivity contribution in [2.45, 2.75) is 25.0 Å². The Hall–Kier alpha value is -2.90. The highest BCUT2D eigenvalue weighted by molar-refractivity contribution is 5.88. The monoisotopic (exact) mass is 396 g/mol. The Morgan fingerprint density at radius 2 is 2.00 bits per heavy atom. The molecular formula is C22H28N4O3. The Kier molecular flexibility index (Phi) is 6.85. The average Bonchev–Trinajstić information content (AvgIpc) is 3.11. The van der Waals surface area contributed by atoms with E-state index in [-0.39, 0.29) is 24.5 Å². The van der Waals surface area contributed by atoms with Gasteiger partial charge in [-0.1, -0.05) is 42.5 Å². The molecule has 0 aliphatic carbocycles. The van der Waals surface area contributed by atoms with Crippen LogP contribution in [0.25, 0.3) is 0 Å². The molecule has 154 valence electrons. The molecule has 0 aromatic heterocycles. The van der Waals surface area contributed by atoms with Gasteiger partial charge in [-0.2, -0.15) is 0 Å². The van der Waals surface area contributed by atoms with Crippen LogP contribution in [0.4, 0.5) is 10.5 Å². The summed E-state index contributed by atoms with van der Waals surface area (Å²) in [5.74, 6) is -0.0187. The third-order valence-corrected chi connectivity index (χ3v) is 5.27. The Balaban J connectivity index is 1.73. The molecule has 7 nitrogen and oxygen atoms in total. The molecule has 4 N–H and O–H groups in total. The molecule has 0 radical (unpaired) electrons. The molecule has 29 heavy (non-hydrogen) atoms. The number of anilines is 1. The summed E-state index contributed by atoms with van der Waals surface area (Å²) >= 11 is 0. The zero-order valence-corrected chi connectivity index (χ0v) is 16.6. The smallest absolute Gasteiger partial charge is 0.316 e. The summed E-state index contributed by atoms with van der Waals surface area (Å²) in [4.78, 5) is 28.1. The van der Waals surface area contributed by atoms with Gasteiger partial charge in [-0.3, -0.25) is 9.69 Å². The summed E-state index contributed by atoms with van der Waals surface area (Å²) in [5.41, 5.74) is 7.60. The third-order valence-electron chi connectivity index (χ3n) is 5.27. The summed E-state index contributed by atoms with van der Waals surface area (Å²) < 4.78 is 0. The molecule has 1 aliphatic heterocycles. The number of hydrogen-bond acceptors (Lipinski definition) is 4. The summed E-state index contributed by atoms with van der Waals surface area (Å²) in [6.45, 7) is 2.13. The number of benzene rings is 2. The topological polar surface area (TPSA) is 98.9 Å². The van der Waals surface area contributed by atoms with Crippen LogP contribution in [-0.2, 0) is 11.2 Å². The van der Waals surface area contributed by atoms with Crippen molar-refractivity contribution in [3.63, 3.8) is 0 Å². The number of rotatable bonds is 7. The molecular weight excluding hydrogens is 368 g/mol. The number of carbonyl (C=O) groups excluding carboxylic acids is 2. The predicted octanol–water partition coefficient (Wildman–Crippen LogP) is 1.99. The minimum atomic E-state index is -0.637. The van der Waals surface area contributed by atoms with Crippen molar-refractivity contribution >= 4 is 17.6 Å². The normalized spacial score (nSPS) is 17.7. The molecule has 1 saturated heterocycles. The van der Waals surface area contributed by atoms with Gasteiger partial charge >= 0.3 is 6.03 Å². The van der Waals surface area contributed by atoms with E-state index in [2.05, 4.69) is 10.2 Å². The molecule has 0 saturated carbocycles. The molecule has 2 atom stereocenters. The zero-order valence-electron chi connectivity index (χ0n) is 16.6. The molecule has 3 amide bonds. The molecule has 7 heteroatoms. The molecule has 2 aromatic carbocycles. The van der Waals surface area contributed by atoms with E-state index in [9.17, 15) is 14.7 Å². The number of likely N-dealkylation sites (tertiary alicyclic amines) is 1. The number of aliphatic hydroxyl groups is 1. The number of β-amino-alcohol motifs (C(OH)–C–C–N with tert-alkyl or cyclic N) is 1. The minimum Gasteiger partial charge on any atom is -0.392 e. The summed E-state index contributed by atoms with van der Waals surface area (Å²) in [6.07, 6.45) is 0.683. The van der Waals surface area contributed by atoms with Crippen molar-refractivity contribution in [2.75, 3.05) is 32.0 Å². The lowest BCUT2D eigenvalue weighted by Gasteiger charge is -2.32. The van der Waals surface area contributed by atoms with Crippen molar-refractivity contribution in [1.29, 1.82) is 0 Å². The standard InChI is InChI=1S/C22H28N4O3/c1-25(21(28)13-16-6-5-9-18(12-16)24-22(23)29)20(17-7-3-2-4-8-17)15-26-11-10-19(27)14-26/h2-9,12,19-20,27H,10-11,13-15H2,1H3,(H3,23,24,29). The number of hydrogen-bond donors (Lipinski definition) is 3. The number of primary amides is 1. The molecule has 1 heterocycles. The van der Waals surface area contributed by atoms with Gasteiger partial charge in [-0.15, -0.1) is 0 Å². The Bertz CT molecular complexity index is 843. The van der Waals surface area contributed by atoms with Gasteiger partial charge in [-0.25, -0.2) is 4.79 Å². The van der Waals surface area contributed by atoms with Crippen LogP contribution in [0.2, 0.25) is 0 Å². The largest absolute Gasteiger partial charge is 0.392 e. The van der Waals surface area contributed by atoms with Crippen LogP contribution in [0, 0.1) is 0 Å². The van der Waals surface area contributed by atoms with Gasteiger partial charge in [0, 0.05) is 32.4 Å². The molecule has 2 unspecified atom stereocenters. The number of amides is 3. The summed E-state index contributed by atoms with van der Waals surface area (Å²) in [7, 11) is 1.82. The molecule has 0 bridgehead atoms. The Labute approximate surface area is 171 Å². The van der Waals surface area contributed by atoms with Gasteiger partial charge in [0.15, 0.2) is 0 Å². The molecule has 1 fully saturated rings. The van der Waals surface area contributed by atoms with Crippen molar-refractivity contribution in [2.24, 2.45) is 5.73 Å². The second-order valence-electron chi connectivity index (χ2n) is 7.50. The van der Waals surface area contributed by atoms with Gasteiger partial charge in [0.1, 0.15) is 0 Å². The number of aliphatic hydroxyl groups excluding tert-OH is 1. The van der Waals surface area contributed by atoms with E-state index in [0.29, 0.717) is 18.8 Å². The maximum Gasteiger partial charge on any atom is 0.316 e. The number of nitrogens with zero attached hydrogens (tertiary/aromatic N) is 2. The lowest BCUT2D eigenvalue weighted by Crippen LogP contribution is -2.39. The molecule has 0 spiro atoms. The van der Waals surface area contributed by atoms with Gasteiger partial charge in [-0.05, 0) is 29.7 Å². The second-order valence-corrected chi connectivity index (χ2v) is 7.50. The van der Waals surface area contributed by atoms with E-state index >= 15 is 0 Å². The molecule has 2 aromatic rings. The number of urea groups is 1. The molecule has 3 rings (SSSR count). The Morgan fingerprint density at radius 1 is 1.24 bits per heavy atom. The number of likely N-dealkylation sites (N-methyl/N-ethyl adjacent to an activating group) is 1. The van der Waals surface area contributed by atoms with Crippen molar-refractivity contribution in [3.8, 4) is 0 Å². The van der Waals surface area contributed by atoms with Crippen LogP contribution in [0.3, 0.4) is 0 Å². The first-order valence-corrected chi connectivity index (χ1v) is 9.79. The van der Waals surface area contributed by atoms with E-state index < -0.39 is 6.03 Å². The van der Waals surface area contributed by atoms with Gasteiger partial charge in [0.2, 0.25) is 5.91 Å². The van der Waals surface area contributed by atoms with E-state index in [1.165, 1.54) is 0 Å². The first kappa shape index (κ1) is 20.8. The van der Waals surface area contributed by atoms with Crippen LogP contribution in [0.15, 0.2) is 54.6 Å². The van der Waals surface area contributed by atoms with Crippen molar-refractivity contribution in [1.82, 2.24) is 9.80 Å². The maximum atomic E-state index is 13.0. The lowest BCUT2D eigenvalue weighted by atomic mass is 10.0. The number of carbonyl (C=O) groups is 2. The maximum absolute atomic E-state index is 13.0. The number of nitrogens with two attached hydrogens (primary N) is 1. The fraction of sp³-hybridized carbons (Fsp3) is 0.364. The highest BCUT2D eigenvalue weighted by Crippen LogP contribution is 2.24. The SMILES string of the molecule is CN(C(=O)Cc1cccc(NC(N)=O)c1)C(CN1CCC(O)C1)c1ccccc1. The van der Waals surface area contributed by atoms with Crippen LogP contribution in [-0.4, -0.2) is 59.6 Å². The lowest BCUT2D eigenvalue weighted by molar-refractivity contribution is -0.131. The fourth-order valence-corrected chi connectivity index (χ4v) is 3.72. The first-order valence-electron chi connectivity index (χ1n) is 9.79.